The van der Waals surface area contributed by atoms with Gasteiger partial charge in [0.1, 0.15) is 5.82 Å². The minimum Gasteiger partial charge on any atom is -0.396 e. The number of nitrogens with one attached hydrogen (secondary N) is 1. The maximum atomic E-state index is 13.4. The molecule has 2 amide bonds. The van der Waals surface area contributed by atoms with Gasteiger partial charge < -0.3 is 15.3 Å². The van der Waals surface area contributed by atoms with Gasteiger partial charge in [0.15, 0.2) is 0 Å². The molecule has 1 aromatic carbocycles. The Balaban J connectivity index is 2.71. The largest absolute Gasteiger partial charge is 0.396 e. The highest BCUT2D eigenvalue weighted by Crippen LogP contribution is 2.18. The summed E-state index contributed by atoms with van der Waals surface area (Å²) in [4.78, 5) is 13.9. The van der Waals surface area contributed by atoms with E-state index in [1.807, 2.05) is 0 Å². The van der Waals surface area contributed by atoms with E-state index in [9.17, 15) is 9.18 Å². The molecule has 112 valence electrons. The van der Waals surface area contributed by atoms with Gasteiger partial charge in [0.05, 0.1) is 0 Å². The molecule has 0 fully saturated rings. The maximum absolute atomic E-state index is 13.4. The molecular formula is C15H23FN2O2. The Morgan fingerprint density at radius 2 is 2.05 bits per heavy atom. The fourth-order valence-corrected chi connectivity index (χ4v) is 1.86. The lowest BCUT2D eigenvalue weighted by atomic mass is 10.2. The Morgan fingerprint density at radius 3 is 2.70 bits per heavy atom. The second-order valence-electron chi connectivity index (χ2n) is 4.76. The highest BCUT2D eigenvalue weighted by Gasteiger charge is 2.14. The number of aliphatic hydroxyl groups is 1. The number of rotatable bonds is 7. The molecule has 0 spiro atoms. The first-order valence-corrected chi connectivity index (χ1v) is 7.02. The molecule has 1 aromatic rings. The lowest BCUT2D eigenvalue weighted by Crippen LogP contribution is -2.37. The van der Waals surface area contributed by atoms with Crippen LogP contribution in [0.25, 0.3) is 0 Å². The summed E-state index contributed by atoms with van der Waals surface area (Å²) in [5.74, 6) is -0.335. The molecule has 0 aliphatic heterocycles. The summed E-state index contributed by atoms with van der Waals surface area (Å²) in [6, 6.07) is 4.37. The third kappa shape index (κ3) is 4.81. The second kappa shape index (κ2) is 8.53. The molecular weight excluding hydrogens is 259 g/mol. The molecule has 0 radical (unpaired) electrons. The number of amides is 2. The van der Waals surface area contributed by atoms with E-state index in [0.717, 1.165) is 12.8 Å². The lowest BCUT2D eigenvalue weighted by Gasteiger charge is -2.23. The smallest absolute Gasteiger partial charge is 0.321 e. The Bertz CT molecular complexity index is 430. The summed E-state index contributed by atoms with van der Waals surface area (Å²) in [6.45, 7) is 4.87. The molecule has 1 rings (SSSR count). The van der Waals surface area contributed by atoms with Crippen LogP contribution in [0, 0.1) is 12.7 Å². The van der Waals surface area contributed by atoms with Gasteiger partial charge in [-0.15, -0.1) is 0 Å². The molecule has 0 atom stereocenters. The number of aliphatic hydroxyl groups excluding tert-OH is 1. The predicted octanol–water partition coefficient (Wildman–Crippen LogP) is 3.15. The first-order valence-electron chi connectivity index (χ1n) is 7.02. The number of hydrogen-bond acceptors (Lipinski definition) is 2. The number of halogens is 1. The van der Waals surface area contributed by atoms with Gasteiger partial charge in [0.25, 0.3) is 0 Å². The number of nitrogens with zero attached hydrogens (tertiary/aromatic N) is 1. The minimum absolute atomic E-state index is 0.0505. The van der Waals surface area contributed by atoms with E-state index in [-0.39, 0.29) is 18.5 Å². The van der Waals surface area contributed by atoms with Gasteiger partial charge in [-0.2, -0.15) is 0 Å². The van der Waals surface area contributed by atoms with Crippen molar-refractivity contribution >= 4 is 11.7 Å². The third-order valence-electron chi connectivity index (χ3n) is 3.16. The maximum Gasteiger partial charge on any atom is 0.321 e. The van der Waals surface area contributed by atoms with Crippen molar-refractivity contribution in [2.45, 2.75) is 33.1 Å². The zero-order valence-electron chi connectivity index (χ0n) is 12.2. The topological polar surface area (TPSA) is 52.6 Å². The number of carbonyl (C=O) groups is 1. The van der Waals surface area contributed by atoms with Crippen LogP contribution in [0.1, 0.15) is 31.7 Å². The Morgan fingerprint density at radius 1 is 1.35 bits per heavy atom. The van der Waals surface area contributed by atoms with Crippen molar-refractivity contribution in [2.24, 2.45) is 0 Å². The quantitative estimate of drug-likeness (QED) is 0.807. The summed E-state index contributed by atoms with van der Waals surface area (Å²) >= 11 is 0. The van der Waals surface area contributed by atoms with E-state index in [4.69, 9.17) is 5.11 Å². The zero-order valence-corrected chi connectivity index (χ0v) is 12.2. The van der Waals surface area contributed by atoms with Gasteiger partial charge in [-0.3, -0.25) is 0 Å². The van der Waals surface area contributed by atoms with E-state index in [1.165, 1.54) is 6.07 Å². The molecule has 0 saturated heterocycles. The van der Waals surface area contributed by atoms with Crippen LogP contribution in [0.4, 0.5) is 14.9 Å². The average Bonchev–Trinajstić information content (AvgIpc) is 2.44. The molecule has 4 nitrogen and oxygen atoms in total. The Labute approximate surface area is 119 Å². The number of hydrogen-bond donors (Lipinski definition) is 2. The first kappa shape index (κ1) is 16.4. The molecule has 0 aromatic heterocycles. The van der Waals surface area contributed by atoms with E-state index < -0.39 is 0 Å². The van der Waals surface area contributed by atoms with Crippen LogP contribution in [0.3, 0.4) is 0 Å². The molecule has 0 aliphatic carbocycles. The standard InChI is InChI=1S/C15H23FN2O2/c1-3-4-9-18(10-6-11-19)15(20)17-14-8-5-7-13(16)12(14)2/h5,7-8,19H,3-4,6,9-11H2,1-2H3,(H,17,20). The van der Waals surface area contributed by atoms with Crippen LogP contribution in [0.15, 0.2) is 18.2 Å². The van der Waals surface area contributed by atoms with Crippen molar-refractivity contribution in [2.75, 3.05) is 25.0 Å². The number of benzene rings is 1. The van der Waals surface area contributed by atoms with Crippen molar-refractivity contribution in [1.82, 2.24) is 4.90 Å². The van der Waals surface area contributed by atoms with Gasteiger partial charge in [0.2, 0.25) is 0 Å². The van der Waals surface area contributed by atoms with Crippen molar-refractivity contribution < 1.29 is 14.3 Å². The predicted molar refractivity (Wildman–Crippen MR) is 78.3 cm³/mol. The number of carbonyl (C=O) groups excluding carboxylic acids is 1. The Kier molecular flexibility index (Phi) is 7.01. The first-order chi connectivity index (χ1) is 9.60. The molecule has 20 heavy (non-hydrogen) atoms. The minimum atomic E-state index is -0.335. The summed E-state index contributed by atoms with van der Waals surface area (Å²) in [6.07, 6.45) is 2.43. The fourth-order valence-electron chi connectivity index (χ4n) is 1.86. The molecule has 0 unspecified atom stereocenters. The van der Waals surface area contributed by atoms with Gasteiger partial charge in [-0.1, -0.05) is 19.4 Å². The molecule has 0 saturated carbocycles. The van der Waals surface area contributed by atoms with Crippen LogP contribution in [-0.2, 0) is 0 Å². The van der Waals surface area contributed by atoms with Gasteiger partial charge in [-0.05, 0) is 31.9 Å². The van der Waals surface area contributed by atoms with E-state index in [0.29, 0.717) is 30.8 Å². The third-order valence-corrected chi connectivity index (χ3v) is 3.16. The highest BCUT2D eigenvalue weighted by molar-refractivity contribution is 5.90. The fraction of sp³-hybridized carbons (Fsp3) is 0.533. The molecule has 0 bridgehead atoms. The van der Waals surface area contributed by atoms with Crippen molar-refractivity contribution in [3.05, 3.63) is 29.6 Å². The SMILES string of the molecule is CCCCN(CCCO)C(=O)Nc1cccc(F)c1C. The lowest BCUT2D eigenvalue weighted by molar-refractivity contribution is 0.201. The van der Waals surface area contributed by atoms with Crippen molar-refractivity contribution in [1.29, 1.82) is 0 Å². The molecule has 2 N–H and O–H groups in total. The van der Waals surface area contributed by atoms with Gasteiger partial charge >= 0.3 is 6.03 Å². The summed E-state index contributed by atoms with van der Waals surface area (Å²) in [7, 11) is 0. The normalized spacial score (nSPS) is 10.4. The average molecular weight is 282 g/mol. The van der Waals surface area contributed by atoms with Gasteiger partial charge in [0, 0.05) is 30.9 Å². The van der Waals surface area contributed by atoms with E-state index in [1.54, 1.807) is 24.0 Å². The zero-order chi connectivity index (χ0) is 15.0. The van der Waals surface area contributed by atoms with Crippen LogP contribution in [0.5, 0.6) is 0 Å². The van der Waals surface area contributed by atoms with Crippen LogP contribution >= 0.6 is 0 Å². The van der Waals surface area contributed by atoms with Crippen LogP contribution in [0.2, 0.25) is 0 Å². The summed E-state index contributed by atoms with van der Waals surface area (Å²) < 4.78 is 13.4. The Hall–Kier alpha value is -1.62. The monoisotopic (exact) mass is 282 g/mol. The van der Waals surface area contributed by atoms with E-state index in [2.05, 4.69) is 12.2 Å². The van der Waals surface area contributed by atoms with Crippen molar-refractivity contribution in [3.8, 4) is 0 Å². The molecule has 0 heterocycles. The van der Waals surface area contributed by atoms with Crippen molar-refractivity contribution in [3.63, 3.8) is 0 Å². The van der Waals surface area contributed by atoms with Crippen LogP contribution < -0.4 is 5.32 Å². The number of anilines is 1. The van der Waals surface area contributed by atoms with E-state index >= 15 is 0 Å². The van der Waals surface area contributed by atoms with Gasteiger partial charge in [-0.25, -0.2) is 9.18 Å². The second-order valence-corrected chi connectivity index (χ2v) is 4.76. The highest BCUT2D eigenvalue weighted by atomic mass is 19.1. The number of unbranched alkanes of at least 4 members (excludes halogenated alkanes) is 1. The number of urea groups is 1. The summed E-state index contributed by atoms with van der Waals surface area (Å²) in [5.41, 5.74) is 0.916. The molecule has 0 aliphatic rings. The van der Waals surface area contributed by atoms with Crippen LogP contribution in [-0.4, -0.2) is 35.7 Å². The summed E-state index contributed by atoms with van der Waals surface area (Å²) in [5, 5.41) is 11.6. The molecule has 5 heteroatoms.